The number of nitrogens with zero attached hydrogens (tertiary/aromatic N) is 1. The first-order chi connectivity index (χ1) is 10.6. The Morgan fingerprint density at radius 3 is 2.64 bits per heavy atom. The van der Waals surface area contributed by atoms with Gasteiger partial charge in [0.15, 0.2) is 5.78 Å². The number of anilines is 1. The molecule has 1 saturated carbocycles. The Kier molecular flexibility index (Phi) is 2.87. The van der Waals surface area contributed by atoms with Gasteiger partial charge in [0.1, 0.15) is 5.75 Å². The van der Waals surface area contributed by atoms with Gasteiger partial charge in [-0.1, -0.05) is 0 Å². The third kappa shape index (κ3) is 1.75. The second kappa shape index (κ2) is 4.68. The number of carbonyl (C=O) groups excluding carboxylic acids is 2. The molecule has 5 nitrogen and oxygen atoms in total. The van der Waals surface area contributed by atoms with Gasteiger partial charge in [-0.05, 0) is 48.3 Å². The van der Waals surface area contributed by atoms with Crippen LogP contribution in [0, 0.1) is 11.8 Å². The summed E-state index contributed by atoms with van der Waals surface area (Å²) in [6, 6.07) is 6.98. The number of β-lactam (4-membered cyclic amide) rings is 1. The van der Waals surface area contributed by atoms with Crippen LogP contribution in [0.4, 0.5) is 5.69 Å². The number of fused-ring (bicyclic) bond motifs is 2. The number of ether oxygens (including phenoxy) is 1. The van der Waals surface area contributed by atoms with Gasteiger partial charge in [-0.2, -0.15) is 0 Å². The lowest BCUT2D eigenvalue weighted by molar-refractivity contribution is -0.135. The van der Waals surface area contributed by atoms with Crippen molar-refractivity contribution in [1.29, 1.82) is 0 Å². The normalized spacial score (nSPS) is 33.0. The molecular formula is C17H17NO4. The summed E-state index contributed by atoms with van der Waals surface area (Å²) in [6.45, 7) is 0. The molecule has 5 heteroatoms. The molecule has 2 fully saturated rings. The molecule has 1 aromatic carbocycles. The lowest BCUT2D eigenvalue weighted by Gasteiger charge is -2.53. The van der Waals surface area contributed by atoms with E-state index in [2.05, 4.69) is 0 Å². The fourth-order valence-electron chi connectivity index (χ4n) is 3.99. The average molecular weight is 299 g/mol. The molecule has 4 rings (SSSR count). The smallest absolute Gasteiger partial charge is 0.232 e. The van der Waals surface area contributed by atoms with Crippen LogP contribution >= 0.6 is 0 Å². The zero-order valence-corrected chi connectivity index (χ0v) is 12.2. The topological polar surface area (TPSA) is 66.8 Å². The number of benzene rings is 1. The van der Waals surface area contributed by atoms with Gasteiger partial charge in [-0.15, -0.1) is 0 Å². The molecule has 0 radical (unpaired) electrons. The highest BCUT2D eigenvalue weighted by Gasteiger charge is 2.57. The lowest BCUT2D eigenvalue weighted by atomic mass is 9.68. The standard InChI is InChI=1S/C17H17NO4/c1-22-12-4-2-10(3-5-12)18-15-14(17(18)21)7-9-6-11(19)8-13(9)16(15)20/h2-5,8-9,14-16,20H,6-7H2,1H3/t9-,14-,15-,16-/m0/s1. The molecule has 0 unspecified atom stereocenters. The van der Waals surface area contributed by atoms with Crippen LogP contribution in [-0.4, -0.2) is 36.1 Å². The first kappa shape index (κ1) is 13.5. The molecule has 1 aliphatic heterocycles. The molecule has 0 aromatic heterocycles. The van der Waals surface area contributed by atoms with Gasteiger partial charge in [-0.25, -0.2) is 0 Å². The zero-order valence-electron chi connectivity index (χ0n) is 12.2. The van der Waals surface area contributed by atoms with E-state index >= 15 is 0 Å². The molecule has 1 aromatic rings. The largest absolute Gasteiger partial charge is 0.497 e. The van der Waals surface area contributed by atoms with Crippen molar-refractivity contribution in [1.82, 2.24) is 0 Å². The molecule has 1 N–H and O–H groups in total. The predicted octanol–water partition coefficient (Wildman–Crippen LogP) is 1.31. The maximum atomic E-state index is 12.4. The number of allylic oxidation sites excluding steroid dienone is 1. The number of ketones is 1. The van der Waals surface area contributed by atoms with Crippen molar-refractivity contribution in [2.24, 2.45) is 11.8 Å². The summed E-state index contributed by atoms with van der Waals surface area (Å²) in [5.41, 5.74) is 1.56. The van der Waals surface area contributed by atoms with Gasteiger partial charge in [0.2, 0.25) is 5.91 Å². The number of aliphatic hydroxyl groups excluding tert-OH is 1. The van der Waals surface area contributed by atoms with E-state index in [0.29, 0.717) is 12.8 Å². The number of rotatable bonds is 2. The highest BCUT2D eigenvalue weighted by Crippen LogP contribution is 2.48. The molecule has 1 saturated heterocycles. The van der Waals surface area contributed by atoms with Crippen molar-refractivity contribution in [3.05, 3.63) is 35.9 Å². The van der Waals surface area contributed by atoms with Crippen molar-refractivity contribution >= 4 is 17.4 Å². The van der Waals surface area contributed by atoms with Gasteiger partial charge in [-0.3, -0.25) is 9.59 Å². The number of amides is 1. The van der Waals surface area contributed by atoms with Crippen molar-refractivity contribution in [2.45, 2.75) is 25.0 Å². The van der Waals surface area contributed by atoms with Crippen LogP contribution in [0.25, 0.3) is 0 Å². The quantitative estimate of drug-likeness (QED) is 0.836. The van der Waals surface area contributed by atoms with E-state index in [1.54, 1.807) is 30.2 Å². The van der Waals surface area contributed by atoms with E-state index in [1.165, 1.54) is 0 Å². The first-order valence-corrected chi connectivity index (χ1v) is 7.49. The maximum Gasteiger partial charge on any atom is 0.232 e. The van der Waals surface area contributed by atoms with Crippen molar-refractivity contribution in [2.75, 3.05) is 12.0 Å². The van der Waals surface area contributed by atoms with Crippen molar-refractivity contribution < 1.29 is 19.4 Å². The number of carbonyl (C=O) groups is 2. The molecular weight excluding hydrogens is 282 g/mol. The van der Waals surface area contributed by atoms with Crippen molar-refractivity contribution in [3.8, 4) is 5.75 Å². The predicted molar refractivity (Wildman–Crippen MR) is 79.6 cm³/mol. The summed E-state index contributed by atoms with van der Waals surface area (Å²) in [5.74, 6) is 0.689. The Hall–Kier alpha value is -2.14. The minimum atomic E-state index is -0.741. The minimum Gasteiger partial charge on any atom is -0.497 e. The number of methoxy groups -OCH3 is 1. The van der Waals surface area contributed by atoms with Gasteiger partial charge < -0.3 is 14.7 Å². The molecule has 1 amide bonds. The summed E-state index contributed by atoms with van der Waals surface area (Å²) in [4.78, 5) is 25.7. The van der Waals surface area contributed by atoms with Crippen LogP contribution in [0.2, 0.25) is 0 Å². The van der Waals surface area contributed by atoms with E-state index < -0.39 is 6.10 Å². The van der Waals surface area contributed by atoms with E-state index in [0.717, 1.165) is 17.0 Å². The lowest BCUT2D eigenvalue weighted by Crippen LogP contribution is -2.68. The summed E-state index contributed by atoms with van der Waals surface area (Å²) in [5, 5.41) is 10.6. The molecule has 4 atom stereocenters. The maximum absolute atomic E-state index is 12.4. The summed E-state index contributed by atoms with van der Waals surface area (Å²) < 4.78 is 5.12. The summed E-state index contributed by atoms with van der Waals surface area (Å²) in [7, 11) is 1.59. The Bertz CT molecular complexity index is 678. The van der Waals surface area contributed by atoms with E-state index in [1.807, 2.05) is 12.1 Å². The van der Waals surface area contributed by atoms with Crippen LogP contribution in [0.5, 0.6) is 5.75 Å². The number of aliphatic hydroxyl groups is 1. The molecule has 0 bridgehead atoms. The number of hydrogen-bond acceptors (Lipinski definition) is 4. The highest BCUT2D eigenvalue weighted by atomic mass is 16.5. The molecule has 2 aliphatic carbocycles. The Morgan fingerprint density at radius 1 is 1.23 bits per heavy atom. The third-order valence-corrected chi connectivity index (χ3v) is 5.07. The molecule has 22 heavy (non-hydrogen) atoms. The third-order valence-electron chi connectivity index (χ3n) is 5.07. The van der Waals surface area contributed by atoms with Crippen LogP contribution in [0.1, 0.15) is 12.8 Å². The second-order valence-corrected chi connectivity index (χ2v) is 6.20. The zero-order chi connectivity index (χ0) is 15.4. The van der Waals surface area contributed by atoms with Gasteiger partial charge >= 0.3 is 0 Å². The fraction of sp³-hybridized carbons (Fsp3) is 0.412. The van der Waals surface area contributed by atoms with Gasteiger partial charge in [0.05, 0.1) is 25.2 Å². The SMILES string of the molecule is COc1ccc(N2C(=O)[C@H]3C[C@@H]4CC(=O)C=C4[C@H](O)[C@H]32)cc1. The molecule has 0 spiro atoms. The molecule has 3 aliphatic rings. The first-order valence-electron chi connectivity index (χ1n) is 7.49. The summed E-state index contributed by atoms with van der Waals surface area (Å²) >= 11 is 0. The average Bonchev–Trinajstić information content (AvgIpc) is 2.90. The van der Waals surface area contributed by atoms with Gasteiger partial charge in [0.25, 0.3) is 0 Å². The van der Waals surface area contributed by atoms with Crippen molar-refractivity contribution in [3.63, 3.8) is 0 Å². The number of hydrogen-bond donors (Lipinski definition) is 1. The van der Waals surface area contributed by atoms with Crippen LogP contribution in [0.15, 0.2) is 35.9 Å². The van der Waals surface area contributed by atoms with Gasteiger partial charge in [0, 0.05) is 12.1 Å². The van der Waals surface area contributed by atoms with E-state index in [4.69, 9.17) is 4.74 Å². The second-order valence-electron chi connectivity index (χ2n) is 6.20. The van der Waals surface area contributed by atoms with E-state index in [9.17, 15) is 14.7 Å². The fourth-order valence-corrected chi connectivity index (χ4v) is 3.99. The minimum absolute atomic E-state index is 0.0348. The van der Waals surface area contributed by atoms with E-state index in [-0.39, 0.29) is 29.6 Å². The molecule has 1 heterocycles. The van der Waals surface area contributed by atoms with Crippen LogP contribution in [0.3, 0.4) is 0 Å². The monoisotopic (exact) mass is 299 g/mol. The Balaban J connectivity index is 1.64. The highest BCUT2D eigenvalue weighted by molar-refractivity contribution is 6.04. The Labute approximate surface area is 128 Å². The van der Waals surface area contributed by atoms with Crippen LogP contribution < -0.4 is 9.64 Å². The Morgan fingerprint density at radius 2 is 1.95 bits per heavy atom. The summed E-state index contributed by atoms with van der Waals surface area (Å²) in [6.07, 6.45) is 1.94. The van der Waals surface area contributed by atoms with Crippen LogP contribution in [-0.2, 0) is 9.59 Å². The molecule has 114 valence electrons.